The van der Waals surface area contributed by atoms with Gasteiger partial charge in [-0.2, -0.15) is 0 Å². The number of para-hydroxylation sites is 1. The van der Waals surface area contributed by atoms with Crippen molar-refractivity contribution in [1.29, 1.82) is 0 Å². The summed E-state index contributed by atoms with van der Waals surface area (Å²) in [5.41, 5.74) is 11.9. The van der Waals surface area contributed by atoms with Crippen LogP contribution < -0.4 is 27.4 Å². The van der Waals surface area contributed by atoms with E-state index in [0.29, 0.717) is 5.56 Å². The Balaban J connectivity index is 2.33. The Morgan fingerprint density at radius 2 is 1.51 bits per heavy atom. The number of nitrogens with two attached hydrogens (primary N) is 2. The summed E-state index contributed by atoms with van der Waals surface area (Å²) in [6.45, 7) is 1.34. The van der Waals surface area contributed by atoms with E-state index in [1.165, 1.54) is 6.92 Å². The van der Waals surface area contributed by atoms with Crippen LogP contribution in [-0.4, -0.2) is 74.9 Å². The molecule has 14 heteroatoms. The molecule has 1 aromatic carbocycles. The van der Waals surface area contributed by atoms with Crippen molar-refractivity contribution >= 4 is 46.5 Å². The quantitative estimate of drug-likeness (QED) is 0.142. The minimum absolute atomic E-state index is 0.106. The van der Waals surface area contributed by atoms with Gasteiger partial charge in [0.05, 0.1) is 12.5 Å². The van der Waals surface area contributed by atoms with Crippen molar-refractivity contribution < 1.29 is 39.0 Å². The van der Waals surface area contributed by atoms with E-state index in [0.717, 1.165) is 10.9 Å². The summed E-state index contributed by atoms with van der Waals surface area (Å²) in [5, 5.41) is 26.3. The molecule has 14 nitrogen and oxygen atoms in total. The van der Waals surface area contributed by atoms with E-state index in [1.54, 1.807) is 30.5 Å². The fraction of sp³-hybridized carbons (Fsp3) is 0.391. The molecule has 4 amide bonds. The van der Waals surface area contributed by atoms with Crippen LogP contribution in [-0.2, 0) is 35.2 Å². The lowest BCUT2D eigenvalue weighted by Gasteiger charge is -2.24. The predicted molar refractivity (Wildman–Crippen MR) is 130 cm³/mol. The molecule has 0 radical (unpaired) electrons. The number of amides is 4. The van der Waals surface area contributed by atoms with Gasteiger partial charge in [0.15, 0.2) is 0 Å². The van der Waals surface area contributed by atoms with E-state index >= 15 is 0 Å². The van der Waals surface area contributed by atoms with Gasteiger partial charge in [-0.1, -0.05) is 18.2 Å². The Kier molecular flexibility index (Phi) is 10.1. The van der Waals surface area contributed by atoms with Crippen LogP contribution in [0.1, 0.15) is 31.7 Å². The van der Waals surface area contributed by atoms with Gasteiger partial charge in [-0.25, -0.2) is 4.79 Å². The lowest BCUT2D eigenvalue weighted by atomic mass is 10.0. The van der Waals surface area contributed by atoms with Crippen molar-refractivity contribution in [2.24, 2.45) is 11.5 Å². The molecule has 0 saturated carbocycles. The summed E-state index contributed by atoms with van der Waals surface area (Å²) in [4.78, 5) is 75.2. The van der Waals surface area contributed by atoms with Crippen LogP contribution in [0.5, 0.6) is 0 Å². The molecule has 0 aliphatic rings. The van der Waals surface area contributed by atoms with Gasteiger partial charge in [0.2, 0.25) is 23.6 Å². The molecule has 0 saturated heterocycles. The van der Waals surface area contributed by atoms with E-state index in [9.17, 15) is 39.0 Å². The van der Waals surface area contributed by atoms with Crippen LogP contribution in [0.15, 0.2) is 30.5 Å². The molecular formula is C23H30N6O8. The van der Waals surface area contributed by atoms with Crippen LogP contribution in [0.25, 0.3) is 10.9 Å². The van der Waals surface area contributed by atoms with Gasteiger partial charge in [-0.05, 0) is 25.0 Å². The van der Waals surface area contributed by atoms with Crippen LogP contribution in [0.2, 0.25) is 0 Å². The number of aromatic nitrogens is 1. The SMILES string of the molecule is CC(N)C(=O)NC(CC(=O)O)C(=O)NC(Cc1c[nH]c2ccccc12)C(=O)NC(CCC(N)=O)C(=O)O. The highest BCUT2D eigenvalue weighted by Gasteiger charge is 2.31. The molecule has 1 aromatic heterocycles. The molecule has 4 unspecified atom stereocenters. The summed E-state index contributed by atoms with van der Waals surface area (Å²) in [7, 11) is 0. The summed E-state index contributed by atoms with van der Waals surface area (Å²) >= 11 is 0. The second-order valence-corrected chi connectivity index (χ2v) is 8.48. The van der Waals surface area contributed by atoms with Crippen LogP contribution in [0, 0.1) is 0 Å². The summed E-state index contributed by atoms with van der Waals surface area (Å²) in [6.07, 6.45) is 0.134. The van der Waals surface area contributed by atoms with Crippen LogP contribution >= 0.6 is 0 Å². The molecule has 200 valence electrons. The number of fused-ring (bicyclic) bond motifs is 1. The minimum Gasteiger partial charge on any atom is -0.481 e. The Hall–Kier alpha value is -4.46. The summed E-state index contributed by atoms with van der Waals surface area (Å²) < 4.78 is 0. The third kappa shape index (κ3) is 8.61. The lowest BCUT2D eigenvalue weighted by Crippen LogP contribution is -2.57. The monoisotopic (exact) mass is 518 g/mol. The molecular weight excluding hydrogens is 488 g/mol. The maximum atomic E-state index is 13.1. The lowest BCUT2D eigenvalue weighted by molar-refractivity contribution is -0.143. The first-order valence-corrected chi connectivity index (χ1v) is 11.3. The Morgan fingerprint density at radius 3 is 2.11 bits per heavy atom. The van der Waals surface area contributed by atoms with E-state index in [1.807, 2.05) is 0 Å². The Bertz CT molecular complexity index is 1180. The number of carboxylic acids is 2. The predicted octanol–water partition coefficient (Wildman–Crippen LogP) is -1.66. The fourth-order valence-corrected chi connectivity index (χ4v) is 3.51. The maximum absolute atomic E-state index is 13.1. The zero-order valence-corrected chi connectivity index (χ0v) is 20.0. The highest BCUT2D eigenvalue weighted by Crippen LogP contribution is 2.19. The van der Waals surface area contributed by atoms with Crippen LogP contribution in [0.3, 0.4) is 0 Å². The number of aliphatic carboxylic acids is 2. The minimum atomic E-state index is -1.56. The molecule has 4 atom stereocenters. The summed E-state index contributed by atoms with van der Waals surface area (Å²) in [5.74, 6) is -6.23. The van der Waals surface area contributed by atoms with Crippen molar-refractivity contribution in [2.45, 2.75) is 56.8 Å². The molecule has 0 spiro atoms. The number of carbonyl (C=O) groups excluding carboxylic acids is 4. The molecule has 2 rings (SSSR count). The van der Waals surface area contributed by atoms with Crippen LogP contribution in [0.4, 0.5) is 0 Å². The van der Waals surface area contributed by atoms with Crippen molar-refractivity contribution in [3.63, 3.8) is 0 Å². The number of carboxylic acid groups (broad SMARTS) is 2. The molecule has 0 aliphatic heterocycles. The largest absolute Gasteiger partial charge is 0.481 e. The molecule has 37 heavy (non-hydrogen) atoms. The van der Waals surface area contributed by atoms with E-state index < -0.39 is 66.2 Å². The highest BCUT2D eigenvalue weighted by molar-refractivity contribution is 5.96. The molecule has 0 bridgehead atoms. The Labute approximate surface area is 211 Å². The highest BCUT2D eigenvalue weighted by atomic mass is 16.4. The van der Waals surface area contributed by atoms with Gasteiger partial charge in [0.25, 0.3) is 0 Å². The second kappa shape index (κ2) is 13.0. The van der Waals surface area contributed by atoms with Crippen molar-refractivity contribution in [1.82, 2.24) is 20.9 Å². The molecule has 2 aromatic rings. The number of hydrogen-bond donors (Lipinski definition) is 8. The van der Waals surface area contributed by atoms with Gasteiger partial charge in [0, 0.05) is 29.9 Å². The number of benzene rings is 1. The number of nitrogens with one attached hydrogen (secondary N) is 4. The number of primary amides is 1. The number of aromatic amines is 1. The standard InChI is InChI=1S/C23H30N6O8/c1-11(24)20(33)28-17(9-19(31)32)22(35)29-16(8-12-10-26-14-5-3-2-4-13(12)14)21(34)27-15(23(36)37)6-7-18(25)30/h2-5,10-11,15-17,26H,6-9,24H2,1H3,(H2,25,30)(H,27,34)(H,28,33)(H,29,35)(H,31,32)(H,36,37). The first-order valence-electron chi connectivity index (χ1n) is 11.3. The van der Waals surface area contributed by atoms with Gasteiger partial charge in [0.1, 0.15) is 18.1 Å². The van der Waals surface area contributed by atoms with Crippen molar-refractivity contribution in [2.75, 3.05) is 0 Å². The first kappa shape index (κ1) is 28.8. The Morgan fingerprint density at radius 1 is 0.919 bits per heavy atom. The van der Waals surface area contributed by atoms with Gasteiger partial charge >= 0.3 is 11.9 Å². The number of carbonyl (C=O) groups is 6. The molecule has 1 heterocycles. The average Bonchev–Trinajstić information content (AvgIpc) is 3.22. The van der Waals surface area contributed by atoms with Gasteiger partial charge in [-0.15, -0.1) is 0 Å². The van der Waals surface area contributed by atoms with Gasteiger partial charge < -0.3 is 42.6 Å². The second-order valence-electron chi connectivity index (χ2n) is 8.48. The topological polar surface area (TPSA) is 247 Å². The number of rotatable bonds is 14. The average molecular weight is 519 g/mol. The fourth-order valence-electron chi connectivity index (χ4n) is 3.51. The number of hydrogen-bond acceptors (Lipinski definition) is 7. The third-order valence-corrected chi connectivity index (χ3v) is 5.45. The summed E-state index contributed by atoms with van der Waals surface area (Å²) in [6, 6.07) is 1.70. The molecule has 10 N–H and O–H groups in total. The third-order valence-electron chi connectivity index (χ3n) is 5.45. The normalized spacial score (nSPS) is 14.1. The van der Waals surface area contributed by atoms with E-state index in [2.05, 4.69) is 20.9 Å². The smallest absolute Gasteiger partial charge is 0.326 e. The van der Waals surface area contributed by atoms with Crippen molar-refractivity contribution in [3.05, 3.63) is 36.0 Å². The number of H-pyrrole nitrogens is 1. The zero-order valence-electron chi connectivity index (χ0n) is 20.0. The first-order chi connectivity index (χ1) is 17.4. The van der Waals surface area contributed by atoms with E-state index in [-0.39, 0.29) is 19.3 Å². The molecule has 0 fully saturated rings. The maximum Gasteiger partial charge on any atom is 0.326 e. The van der Waals surface area contributed by atoms with Gasteiger partial charge in [-0.3, -0.25) is 24.0 Å². The zero-order chi connectivity index (χ0) is 27.7. The molecule has 0 aliphatic carbocycles. The van der Waals surface area contributed by atoms with E-state index in [4.69, 9.17) is 11.5 Å². The van der Waals surface area contributed by atoms with Crippen molar-refractivity contribution in [3.8, 4) is 0 Å².